The Kier molecular flexibility index (Phi) is 15.3. The van der Waals surface area contributed by atoms with Gasteiger partial charge in [0.15, 0.2) is 11.5 Å². The van der Waals surface area contributed by atoms with Crippen molar-refractivity contribution >= 4 is 135 Å². The van der Waals surface area contributed by atoms with Gasteiger partial charge < -0.3 is 31.2 Å². The maximum absolute atomic E-state index is 12.3. The molecule has 0 aliphatic heterocycles. The van der Waals surface area contributed by atoms with Crippen molar-refractivity contribution in [2.24, 2.45) is 20.5 Å². The molecule has 0 aromatic heterocycles. The van der Waals surface area contributed by atoms with Gasteiger partial charge in [-0.25, -0.2) is 0 Å². The van der Waals surface area contributed by atoms with E-state index in [0.717, 1.165) is 12.1 Å². The minimum Gasteiger partial charge on any atom is -0.505 e. The van der Waals surface area contributed by atoms with Crippen LogP contribution < -0.4 is 20.9 Å². The van der Waals surface area contributed by atoms with Crippen molar-refractivity contribution in [3.8, 4) is 34.1 Å². The molecular formula is C38H36N6Na2O10S2. The molecule has 6 aromatic carbocycles. The van der Waals surface area contributed by atoms with Gasteiger partial charge in [-0.3, -0.25) is 9.11 Å². The number of aromatic hydroxyl groups is 2. The number of hydrogen-bond acceptors (Lipinski definition) is 14. The van der Waals surface area contributed by atoms with Gasteiger partial charge in [-0.05, 0) is 108 Å². The number of anilines is 2. The van der Waals surface area contributed by atoms with E-state index in [0.29, 0.717) is 35.3 Å². The van der Waals surface area contributed by atoms with Crippen LogP contribution in [0.4, 0.5) is 34.1 Å². The third-order valence-corrected chi connectivity index (χ3v) is 10.1. The normalized spacial score (nSPS) is 11.9. The van der Waals surface area contributed by atoms with E-state index in [4.69, 9.17) is 20.9 Å². The minimum absolute atomic E-state index is 0. The molecule has 0 spiro atoms. The van der Waals surface area contributed by atoms with Crippen LogP contribution in [0.15, 0.2) is 115 Å². The molecule has 0 heterocycles. The Hall–Kier alpha value is -4.34. The predicted molar refractivity (Wildman–Crippen MR) is 223 cm³/mol. The molecule has 0 bridgehead atoms. The van der Waals surface area contributed by atoms with Gasteiger partial charge in [-0.1, -0.05) is 26.0 Å². The van der Waals surface area contributed by atoms with Gasteiger partial charge in [0.25, 0.3) is 20.2 Å². The van der Waals surface area contributed by atoms with Crippen LogP contribution in [-0.4, -0.2) is 108 Å². The number of ether oxygens (including phenoxy) is 2. The summed E-state index contributed by atoms with van der Waals surface area (Å²) in [6.45, 7) is 4.38. The third kappa shape index (κ3) is 10.3. The fourth-order valence-corrected chi connectivity index (χ4v) is 7.06. The molecule has 0 aliphatic carbocycles. The summed E-state index contributed by atoms with van der Waals surface area (Å²) >= 11 is 0. The van der Waals surface area contributed by atoms with Crippen LogP contribution >= 0.6 is 0 Å². The SMILES string of the molecule is CCCOc1cc(-c2ccc(N=Nc3c(S(=O)(=O)O)cc4cc(N)ccc4c3O)c(OCCC)c2)ccc1N=Nc1c(S(=O)(=O)O)cc2cc(N)ccc2c1O.[Na].[Na]. The maximum Gasteiger partial charge on any atom is 0.296 e. The van der Waals surface area contributed by atoms with Gasteiger partial charge in [-0.2, -0.15) is 16.8 Å². The molecular weight excluding hydrogens is 811 g/mol. The average molecular weight is 847 g/mol. The Morgan fingerprint density at radius 2 is 0.931 bits per heavy atom. The minimum atomic E-state index is -4.85. The van der Waals surface area contributed by atoms with Crippen molar-refractivity contribution in [1.82, 2.24) is 0 Å². The molecule has 6 rings (SSSR count). The molecule has 0 amide bonds. The second-order valence-electron chi connectivity index (χ2n) is 12.5. The number of phenols is 2. The number of benzene rings is 6. The predicted octanol–water partition coefficient (Wildman–Crippen LogP) is 8.38. The zero-order valence-electron chi connectivity index (χ0n) is 31.9. The summed E-state index contributed by atoms with van der Waals surface area (Å²) in [4.78, 5) is -1.34. The van der Waals surface area contributed by atoms with E-state index < -0.39 is 52.9 Å². The van der Waals surface area contributed by atoms with Crippen molar-refractivity contribution in [3.05, 3.63) is 84.9 Å². The zero-order chi connectivity index (χ0) is 40.4. The summed E-state index contributed by atoms with van der Waals surface area (Å²) in [5.41, 5.74) is 12.9. The van der Waals surface area contributed by atoms with Crippen LogP contribution in [0, 0.1) is 0 Å². The zero-order valence-corrected chi connectivity index (χ0v) is 37.5. The van der Waals surface area contributed by atoms with Crippen molar-refractivity contribution in [2.45, 2.75) is 36.5 Å². The maximum atomic E-state index is 12.3. The average Bonchev–Trinajstić information content (AvgIpc) is 3.14. The van der Waals surface area contributed by atoms with Crippen LogP contribution in [0.1, 0.15) is 26.7 Å². The second kappa shape index (κ2) is 19.2. The molecule has 0 fully saturated rings. The molecule has 292 valence electrons. The summed E-state index contributed by atoms with van der Waals surface area (Å²) in [6, 6.07) is 21.1. The van der Waals surface area contributed by atoms with E-state index >= 15 is 0 Å². The Morgan fingerprint density at radius 1 is 0.552 bits per heavy atom. The number of azo groups is 2. The van der Waals surface area contributed by atoms with E-state index in [9.17, 15) is 36.2 Å². The number of fused-ring (bicyclic) bond motifs is 2. The molecule has 2 radical (unpaired) electrons. The van der Waals surface area contributed by atoms with Gasteiger partial charge in [0.05, 0.1) is 13.2 Å². The number of phenolic OH excluding ortho intramolecular Hbond substituents is 2. The first-order valence-corrected chi connectivity index (χ1v) is 19.9. The van der Waals surface area contributed by atoms with Crippen LogP contribution in [0.25, 0.3) is 32.7 Å². The van der Waals surface area contributed by atoms with Gasteiger partial charge >= 0.3 is 0 Å². The summed E-state index contributed by atoms with van der Waals surface area (Å²) in [6.07, 6.45) is 1.27. The van der Waals surface area contributed by atoms with Crippen molar-refractivity contribution < 1.29 is 45.6 Å². The quantitative estimate of drug-likeness (QED) is 0.0277. The van der Waals surface area contributed by atoms with Crippen LogP contribution in [0.2, 0.25) is 0 Å². The first kappa shape index (κ1) is 46.4. The summed E-state index contributed by atoms with van der Waals surface area (Å²) in [5, 5.41) is 39.5. The van der Waals surface area contributed by atoms with Crippen LogP contribution in [0.3, 0.4) is 0 Å². The van der Waals surface area contributed by atoms with E-state index in [1.807, 2.05) is 13.8 Å². The van der Waals surface area contributed by atoms with Crippen molar-refractivity contribution in [2.75, 3.05) is 24.7 Å². The van der Waals surface area contributed by atoms with E-state index in [1.54, 1.807) is 36.4 Å². The largest absolute Gasteiger partial charge is 0.505 e. The number of nitrogens with zero attached hydrogens (tertiary/aromatic N) is 4. The van der Waals surface area contributed by atoms with Gasteiger partial charge in [0.2, 0.25) is 0 Å². The number of nitrogen functional groups attached to an aromatic ring is 2. The second-order valence-corrected chi connectivity index (χ2v) is 15.3. The van der Waals surface area contributed by atoms with E-state index in [1.165, 1.54) is 36.4 Å². The Bertz CT molecular complexity index is 2620. The number of nitrogens with two attached hydrogens (primary N) is 2. The first-order chi connectivity index (χ1) is 26.6. The molecule has 0 saturated carbocycles. The summed E-state index contributed by atoms with van der Waals surface area (Å²) in [5.74, 6) is -0.529. The summed E-state index contributed by atoms with van der Waals surface area (Å²) < 4.78 is 81.2. The molecule has 20 heteroatoms. The molecule has 0 unspecified atom stereocenters. The monoisotopic (exact) mass is 846 g/mol. The molecule has 8 N–H and O–H groups in total. The molecule has 6 aromatic rings. The molecule has 0 atom stereocenters. The van der Waals surface area contributed by atoms with E-state index in [2.05, 4.69) is 20.5 Å². The Labute approximate surface area is 378 Å². The first-order valence-electron chi connectivity index (χ1n) is 17.0. The molecule has 0 saturated heterocycles. The summed E-state index contributed by atoms with van der Waals surface area (Å²) in [7, 11) is -9.71. The third-order valence-electron chi connectivity index (χ3n) is 8.40. The Morgan fingerprint density at radius 3 is 1.28 bits per heavy atom. The van der Waals surface area contributed by atoms with Gasteiger partial charge in [0, 0.05) is 81.3 Å². The molecule has 0 aliphatic rings. The van der Waals surface area contributed by atoms with Crippen molar-refractivity contribution in [3.63, 3.8) is 0 Å². The topological polar surface area (TPSA) is 269 Å². The smallest absolute Gasteiger partial charge is 0.296 e. The van der Waals surface area contributed by atoms with Gasteiger partial charge in [-0.15, -0.1) is 20.5 Å². The fraction of sp³-hybridized carbons (Fsp3) is 0.158. The van der Waals surface area contributed by atoms with E-state index in [-0.39, 0.29) is 117 Å². The molecule has 16 nitrogen and oxygen atoms in total. The fourth-order valence-electron chi connectivity index (χ4n) is 5.74. The standard InChI is InChI=1S/C38H36N6O10S2.2Na/c1-3-13-53-31-17-21(5-11-29(31)41-43-35-33(55(47,48)49)19-23-15-25(39)7-9-27(23)37(35)45)22-6-12-30(32(18-22)54-14-4-2)42-44-36-34(56(50,51)52)20-24-16-26(40)8-10-28(24)38(36)46;;/h5-12,15-20,45-46H,3-4,13-14,39-40H2,1-2H3,(H,47,48,49)(H,50,51,52);;. The van der Waals surface area contributed by atoms with Gasteiger partial charge in [0.1, 0.15) is 44.0 Å². The number of rotatable bonds is 13. The van der Waals surface area contributed by atoms with Crippen LogP contribution in [0.5, 0.6) is 23.0 Å². The Balaban J connectivity index is 0.00000372. The van der Waals surface area contributed by atoms with Crippen LogP contribution in [-0.2, 0) is 20.2 Å². The molecule has 58 heavy (non-hydrogen) atoms. The number of hydrogen-bond donors (Lipinski definition) is 6. The van der Waals surface area contributed by atoms with Crippen molar-refractivity contribution in [1.29, 1.82) is 0 Å².